The first-order valence-electron chi connectivity index (χ1n) is 6.26. The van der Waals surface area contributed by atoms with Crippen molar-refractivity contribution in [3.8, 4) is 0 Å². The van der Waals surface area contributed by atoms with Gasteiger partial charge in [-0.15, -0.1) is 16.8 Å². The van der Waals surface area contributed by atoms with Crippen molar-refractivity contribution in [3.63, 3.8) is 0 Å². The van der Waals surface area contributed by atoms with Crippen LogP contribution in [0.3, 0.4) is 0 Å². The summed E-state index contributed by atoms with van der Waals surface area (Å²) < 4.78 is 1.75. The summed E-state index contributed by atoms with van der Waals surface area (Å²) in [6.45, 7) is 4.17. The monoisotopic (exact) mass is 319 g/mol. The van der Waals surface area contributed by atoms with Gasteiger partial charge in [0.15, 0.2) is 5.16 Å². The van der Waals surface area contributed by atoms with Crippen molar-refractivity contribution in [1.82, 2.24) is 14.8 Å². The Kier molecular flexibility index (Phi) is 5.26. The number of hydrogen-bond acceptors (Lipinski definition) is 6. The number of nitro groups is 1. The summed E-state index contributed by atoms with van der Waals surface area (Å²) in [5.74, 6) is -0.283. The highest BCUT2D eigenvalue weighted by Crippen LogP contribution is 2.23. The fourth-order valence-electron chi connectivity index (χ4n) is 1.68. The average Bonchev–Trinajstić information content (AvgIpc) is 2.93. The molecule has 2 rings (SSSR count). The second-order valence-electron chi connectivity index (χ2n) is 4.17. The number of nitrogens with one attached hydrogen (secondary N) is 1. The highest BCUT2D eigenvalue weighted by molar-refractivity contribution is 7.99. The molecule has 0 aliphatic heterocycles. The quantitative estimate of drug-likeness (QED) is 0.363. The SMILES string of the molecule is C=CCn1cnnc1SCC(=O)Nc1ccccc1[N+](=O)[O-]. The van der Waals surface area contributed by atoms with E-state index in [1.807, 2.05) is 0 Å². The number of amides is 1. The summed E-state index contributed by atoms with van der Waals surface area (Å²) >= 11 is 1.19. The van der Waals surface area contributed by atoms with Gasteiger partial charge in [0.2, 0.25) is 5.91 Å². The number of allylic oxidation sites excluding steroid dienone is 1. The molecule has 0 unspecified atom stereocenters. The van der Waals surface area contributed by atoms with Crippen LogP contribution < -0.4 is 5.32 Å². The van der Waals surface area contributed by atoms with Crippen molar-refractivity contribution >= 4 is 29.0 Å². The lowest BCUT2D eigenvalue weighted by molar-refractivity contribution is -0.383. The molecule has 0 fully saturated rings. The number of benzene rings is 1. The van der Waals surface area contributed by atoms with Crippen LogP contribution in [0.1, 0.15) is 0 Å². The van der Waals surface area contributed by atoms with Crippen molar-refractivity contribution in [3.05, 3.63) is 53.4 Å². The lowest BCUT2D eigenvalue weighted by Gasteiger charge is -2.06. The van der Waals surface area contributed by atoms with Gasteiger partial charge in [-0.05, 0) is 6.07 Å². The van der Waals surface area contributed by atoms with Crippen LogP contribution in [0.15, 0.2) is 48.4 Å². The van der Waals surface area contributed by atoms with E-state index in [0.717, 1.165) is 0 Å². The molecule has 1 amide bonds. The lowest BCUT2D eigenvalue weighted by atomic mass is 10.2. The normalized spacial score (nSPS) is 10.2. The molecule has 0 atom stereocenters. The number of carbonyl (C=O) groups is 1. The predicted octanol–water partition coefficient (Wildman–Crippen LogP) is 2.10. The van der Waals surface area contributed by atoms with Gasteiger partial charge in [0.25, 0.3) is 5.69 Å². The number of para-hydroxylation sites is 2. The molecule has 22 heavy (non-hydrogen) atoms. The first-order valence-corrected chi connectivity index (χ1v) is 7.25. The van der Waals surface area contributed by atoms with Crippen molar-refractivity contribution in [1.29, 1.82) is 0 Å². The van der Waals surface area contributed by atoms with E-state index < -0.39 is 4.92 Å². The number of thioether (sulfide) groups is 1. The van der Waals surface area contributed by atoms with E-state index in [1.165, 1.54) is 23.9 Å². The van der Waals surface area contributed by atoms with Gasteiger partial charge in [-0.1, -0.05) is 30.0 Å². The topological polar surface area (TPSA) is 103 Å². The number of nitro benzene ring substituents is 1. The molecule has 0 aliphatic carbocycles. The molecule has 9 heteroatoms. The van der Waals surface area contributed by atoms with E-state index in [9.17, 15) is 14.9 Å². The number of nitrogens with zero attached hydrogens (tertiary/aromatic N) is 4. The maximum Gasteiger partial charge on any atom is 0.292 e. The fraction of sp³-hybridized carbons (Fsp3) is 0.154. The molecule has 0 radical (unpaired) electrons. The highest BCUT2D eigenvalue weighted by Gasteiger charge is 2.15. The first-order chi connectivity index (χ1) is 10.6. The van der Waals surface area contributed by atoms with Gasteiger partial charge in [-0.2, -0.15) is 0 Å². The molecular formula is C13H13N5O3S. The molecule has 1 aromatic heterocycles. The number of aromatic nitrogens is 3. The van der Waals surface area contributed by atoms with Crippen molar-refractivity contribution < 1.29 is 9.72 Å². The summed E-state index contributed by atoms with van der Waals surface area (Å²) in [7, 11) is 0. The van der Waals surface area contributed by atoms with Crippen LogP contribution in [0.25, 0.3) is 0 Å². The molecule has 0 spiro atoms. The molecule has 1 heterocycles. The van der Waals surface area contributed by atoms with Gasteiger partial charge in [0.1, 0.15) is 12.0 Å². The summed E-state index contributed by atoms with van der Waals surface area (Å²) in [6, 6.07) is 5.99. The maximum absolute atomic E-state index is 11.9. The fourth-order valence-corrected chi connectivity index (χ4v) is 2.40. The summed E-state index contributed by atoms with van der Waals surface area (Å²) in [5, 5.41) is 21.7. The number of rotatable bonds is 7. The zero-order valence-electron chi connectivity index (χ0n) is 11.5. The zero-order chi connectivity index (χ0) is 15.9. The van der Waals surface area contributed by atoms with Crippen molar-refractivity contribution in [2.75, 3.05) is 11.1 Å². The van der Waals surface area contributed by atoms with E-state index >= 15 is 0 Å². The Morgan fingerprint density at radius 3 is 3.00 bits per heavy atom. The summed E-state index contributed by atoms with van der Waals surface area (Å²) in [6.07, 6.45) is 3.24. The largest absolute Gasteiger partial charge is 0.320 e. The van der Waals surface area contributed by atoms with Gasteiger partial charge in [-0.3, -0.25) is 14.9 Å². The Bertz CT molecular complexity index is 700. The minimum absolute atomic E-state index is 0.0713. The Morgan fingerprint density at radius 1 is 1.50 bits per heavy atom. The zero-order valence-corrected chi connectivity index (χ0v) is 12.3. The molecule has 1 N–H and O–H groups in total. The molecule has 0 saturated carbocycles. The maximum atomic E-state index is 11.9. The van der Waals surface area contributed by atoms with Crippen LogP contribution in [0.5, 0.6) is 0 Å². The summed E-state index contributed by atoms with van der Waals surface area (Å²) in [4.78, 5) is 22.3. The Hall–Kier alpha value is -2.68. The first kappa shape index (κ1) is 15.7. The van der Waals surface area contributed by atoms with Gasteiger partial charge < -0.3 is 9.88 Å². The van der Waals surface area contributed by atoms with Gasteiger partial charge in [0.05, 0.1) is 10.7 Å². The third kappa shape index (κ3) is 3.92. The molecular weight excluding hydrogens is 306 g/mol. The van der Waals surface area contributed by atoms with Crippen LogP contribution in [-0.4, -0.2) is 31.3 Å². The Morgan fingerprint density at radius 2 is 2.27 bits per heavy atom. The van der Waals surface area contributed by atoms with Gasteiger partial charge in [0, 0.05) is 12.6 Å². The number of hydrogen-bond donors (Lipinski definition) is 1. The van der Waals surface area contributed by atoms with E-state index in [0.29, 0.717) is 11.7 Å². The molecule has 1 aromatic carbocycles. The molecule has 0 bridgehead atoms. The number of carbonyl (C=O) groups excluding carboxylic acids is 1. The number of anilines is 1. The molecule has 8 nitrogen and oxygen atoms in total. The van der Waals surface area contributed by atoms with Crippen LogP contribution in [0.4, 0.5) is 11.4 Å². The second-order valence-corrected chi connectivity index (χ2v) is 5.11. The van der Waals surface area contributed by atoms with Crippen LogP contribution >= 0.6 is 11.8 Å². The molecule has 114 valence electrons. The van der Waals surface area contributed by atoms with Gasteiger partial charge >= 0.3 is 0 Å². The molecule has 0 saturated heterocycles. The Labute approximate surface area is 130 Å². The van der Waals surface area contributed by atoms with E-state index in [4.69, 9.17) is 0 Å². The average molecular weight is 319 g/mol. The Balaban J connectivity index is 1.98. The van der Waals surface area contributed by atoms with Crippen LogP contribution in [0, 0.1) is 10.1 Å². The standard InChI is InChI=1S/C13H13N5O3S/c1-2-7-17-9-14-16-13(17)22-8-12(19)15-10-5-3-4-6-11(10)18(20)21/h2-6,9H,1,7-8H2,(H,15,19). The minimum Gasteiger partial charge on any atom is -0.320 e. The summed E-state index contributed by atoms with van der Waals surface area (Å²) in [5.41, 5.74) is 0.0290. The molecule has 2 aromatic rings. The third-order valence-electron chi connectivity index (χ3n) is 2.61. The highest BCUT2D eigenvalue weighted by atomic mass is 32.2. The van der Waals surface area contributed by atoms with Crippen molar-refractivity contribution in [2.24, 2.45) is 0 Å². The predicted molar refractivity (Wildman–Crippen MR) is 82.7 cm³/mol. The third-order valence-corrected chi connectivity index (χ3v) is 3.59. The smallest absolute Gasteiger partial charge is 0.292 e. The molecule has 0 aliphatic rings. The minimum atomic E-state index is -0.538. The van der Waals surface area contributed by atoms with Crippen LogP contribution in [-0.2, 0) is 11.3 Å². The van der Waals surface area contributed by atoms with E-state index in [1.54, 1.807) is 29.1 Å². The van der Waals surface area contributed by atoms with Gasteiger partial charge in [-0.25, -0.2) is 0 Å². The lowest BCUT2D eigenvalue weighted by Crippen LogP contribution is -2.15. The second kappa shape index (κ2) is 7.36. The van der Waals surface area contributed by atoms with E-state index in [2.05, 4.69) is 22.1 Å². The van der Waals surface area contributed by atoms with Crippen molar-refractivity contribution in [2.45, 2.75) is 11.7 Å². The van der Waals surface area contributed by atoms with Crippen LogP contribution in [0.2, 0.25) is 0 Å². The van der Waals surface area contributed by atoms with E-state index in [-0.39, 0.29) is 23.0 Å².